The summed E-state index contributed by atoms with van der Waals surface area (Å²) in [6.07, 6.45) is 4.24. The van der Waals surface area contributed by atoms with E-state index >= 15 is 0 Å². The highest BCUT2D eigenvalue weighted by molar-refractivity contribution is 6.01. The van der Waals surface area contributed by atoms with Crippen molar-refractivity contribution in [3.63, 3.8) is 0 Å². The number of anilines is 2. The topological polar surface area (TPSA) is 72.3 Å². The lowest BCUT2D eigenvalue weighted by Gasteiger charge is -2.33. The number of halogens is 2. The number of pyridine rings is 1. The zero-order valence-electron chi connectivity index (χ0n) is 22.1. The summed E-state index contributed by atoms with van der Waals surface area (Å²) in [6.45, 7) is 2.10. The van der Waals surface area contributed by atoms with E-state index in [1.54, 1.807) is 37.2 Å². The van der Waals surface area contributed by atoms with Gasteiger partial charge >= 0.3 is 0 Å². The van der Waals surface area contributed by atoms with Crippen LogP contribution in [0.1, 0.15) is 58.8 Å². The Bertz CT molecular complexity index is 1540. The molecule has 0 saturated carbocycles. The van der Waals surface area contributed by atoms with Gasteiger partial charge in [-0.15, -0.1) is 0 Å². The number of aryl methyl sites for hydroxylation is 2. The van der Waals surface area contributed by atoms with Crippen LogP contribution < -0.4 is 10.2 Å². The van der Waals surface area contributed by atoms with Gasteiger partial charge in [-0.05, 0) is 71.9 Å². The van der Waals surface area contributed by atoms with Gasteiger partial charge < -0.3 is 15.0 Å². The number of fused-ring (bicyclic) bond motifs is 2. The minimum Gasteiger partial charge on any atom is -0.381 e. The van der Waals surface area contributed by atoms with Gasteiger partial charge in [0.25, 0.3) is 12.3 Å². The predicted octanol–water partition coefficient (Wildman–Crippen LogP) is 5.91. The van der Waals surface area contributed by atoms with Gasteiger partial charge in [-0.25, -0.2) is 13.8 Å². The van der Waals surface area contributed by atoms with E-state index in [1.165, 1.54) is 5.56 Å². The van der Waals surface area contributed by atoms with E-state index in [0.717, 1.165) is 55.2 Å². The zero-order chi connectivity index (χ0) is 27.1. The number of hydrogen-bond donors (Lipinski definition) is 1. The number of amides is 1. The highest BCUT2D eigenvalue weighted by atomic mass is 19.3. The number of rotatable bonds is 5. The van der Waals surface area contributed by atoms with E-state index in [0.29, 0.717) is 40.8 Å². The number of aromatic nitrogens is 3. The monoisotopic (exact) mass is 531 g/mol. The second kappa shape index (κ2) is 10.4. The number of nitrogens with one attached hydrogen (secondary N) is 1. The molecule has 0 radical (unpaired) electrons. The van der Waals surface area contributed by atoms with Crippen molar-refractivity contribution in [3.8, 4) is 11.1 Å². The van der Waals surface area contributed by atoms with Crippen LogP contribution in [0.2, 0.25) is 0 Å². The van der Waals surface area contributed by atoms with Crippen LogP contribution >= 0.6 is 0 Å². The zero-order valence-corrected chi connectivity index (χ0v) is 22.1. The highest BCUT2D eigenvalue weighted by Gasteiger charge is 2.27. The van der Waals surface area contributed by atoms with Crippen molar-refractivity contribution >= 4 is 28.2 Å². The minimum atomic E-state index is -2.65. The Morgan fingerprint density at radius 2 is 1.97 bits per heavy atom. The second-order valence-corrected chi connectivity index (χ2v) is 10.3. The Kier molecular flexibility index (Phi) is 6.76. The molecule has 1 N–H and O–H groups in total. The normalized spacial score (nSPS) is 16.1. The number of ether oxygens (including phenoxy) is 1. The summed E-state index contributed by atoms with van der Waals surface area (Å²) < 4.78 is 35.9. The Labute approximate surface area is 225 Å². The first-order valence-electron chi connectivity index (χ1n) is 13.4. The van der Waals surface area contributed by atoms with Gasteiger partial charge in [-0.1, -0.05) is 18.2 Å². The molecule has 2 aromatic heterocycles. The second-order valence-electron chi connectivity index (χ2n) is 10.3. The summed E-state index contributed by atoms with van der Waals surface area (Å²) in [7, 11) is 3.35. The van der Waals surface area contributed by atoms with Crippen molar-refractivity contribution in [3.05, 3.63) is 71.2 Å². The molecule has 4 heterocycles. The molecule has 39 heavy (non-hydrogen) atoms. The van der Waals surface area contributed by atoms with Crippen LogP contribution in [0.4, 0.5) is 20.3 Å². The maximum atomic E-state index is 14.4. The lowest BCUT2D eigenvalue weighted by Crippen LogP contribution is -2.27. The largest absolute Gasteiger partial charge is 0.381 e. The number of carbonyl (C=O) groups is 1. The molecular formula is C30H31F2N5O2. The minimum absolute atomic E-state index is 0.0396. The molecular weight excluding hydrogens is 500 g/mol. The first-order chi connectivity index (χ1) is 18.9. The molecule has 202 valence electrons. The van der Waals surface area contributed by atoms with Crippen LogP contribution in [0, 0.1) is 0 Å². The summed E-state index contributed by atoms with van der Waals surface area (Å²) in [4.78, 5) is 19.5. The summed E-state index contributed by atoms with van der Waals surface area (Å²) >= 11 is 0. The fourth-order valence-electron chi connectivity index (χ4n) is 5.85. The molecule has 9 heteroatoms. The van der Waals surface area contributed by atoms with E-state index in [1.807, 2.05) is 17.0 Å². The lowest BCUT2D eigenvalue weighted by molar-refractivity contribution is 0.0853. The summed E-state index contributed by atoms with van der Waals surface area (Å²) in [5, 5.41) is 8.67. The Morgan fingerprint density at radius 1 is 1.15 bits per heavy atom. The molecule has 2 aromatic carbocycles. The molecule has 6 rings (SSSR count). The fourth-order valence-corrected chi connectivity index (χ4v) is 5.85. The Morgan fingerprint density at radius 3 is 2.69 bits per heavy atom. The predicted molar refractivity (Wildman–Crippen MR) is 147 cm³/mol. The van der Waals surface area contributed by atoms with Gasteiger partial charge in [-0.3, -0.25) is 9.48 Å². The van der Waals surface area contributed by atoms with Gasteiger partial charge in [0.2, 0.25) is 0 Å². The van der Waals surface area contributed by atoms with E-state index < -0.39 is 6.43 Å². The third-order valence-corrected chi connectivity index (χ3v) is 7.86. The summed E-state index contributed by atoms with van der Waals surface area (Å²) in [5.41, 5.74) is 4.32. The highest BCUT2D eigenvalue weighted by Crippen LogP contribution is 2.43. The van der Waals surface area contributed by atoms with Crippen molar-refractivity contribution in [1.82, 2.24) is 20.1 Å². The standard InChI is InChI=1S/C30H31F2N5O2/c1-33-30(38)26-14-21-12-19(18-7-10-39-11-8-18)5-6-23(21)29(35-26)37-9-3-4-20-13-24(22-16-34-36(2)17-22)25(28(31)32)15-27(20)37/h5-6,12-18,28H,3-4,7-11H2,1-2H3,(H,33,38). The molecule has 2 aliphatic rings. The first-order valence-corrected chi connectivity index (χ1v) is 13.4. The average molecular weight is 532 g/mol. The molecule has 0 spiro atoms. The molecule has 7 nitrogen and oxygen atoms in total. The van der Waals surface area contributed by atoms with Crippen molar-refractivity contribution < 1.29 is 18.3 Å². The van der Waals surface area contributed by atoms with Gasteiger partial charge in [0.1, 0.15) is 11.5 Å². The third kappa shape index (κ3) is 4.76. The number of hydrogen-bond acceptors (Lipinski definition) is 5. The summed E-state index contributed by atoms with van der Waals surface area (Å²) in [6, 6.07) is 11.6. The third-order valence-electron chi connectivity index (χ3n) is 7.86. The molecule has 4 aromatic rings. The van der Waals surface area contributed by atoms with Gasteiger partial charge in [-0.2, -0.15) is 5.10 Å². The molecule has 0 bridgehead atoms. The maximum Gasteiger partial charge on any atom is 0.269 e. The van der Waals surface area contributed by atoms with E-state index in [-0.39, 0.29) is 11.5 Å². The van der Waals surface area contributed by atoms with E-state index in [9.17, 15) is 13.6 Å². The van der Waals surface area contributed by atoms with Crippen molar-refractivity contribution in [2.45, 2.75) is 38.0 Å². The molecule has 1 fully saturated rings. The quantitative estimate of drug-likeness (QED) is 0.347. The molecule has 0 unspecified atom stereocenters. The number of alkyl halides is 2. The number of benzene rings is 2. The molecule has 2 aliphatic heterocycles. The smallest absolute Gasteiger partial charge is 0.269 e. The van der Waals surface area contributed by atoms with Crippen LogP contribution in [0.25, 0.3) is 21.9 Å². The SMILES string of the molecule is CNC(=O)c1cc2cc(C3CCOCC3)ccc2c(N2CCCc3cc(-c4cnn(C)c4)c(C(F)F)cc32)n1. The first kappa shape index (κ1) is 25.4. The average Bonchev–Trinajstić information content (AvgIpc) is 3.41. The van der Waals surface area contributed by atoms with Gasteiger partial charge in [0, 0.05) is 62.3 Å². The van der Waals surface area contributed by atoms with Crippen molar-refractivity contribution in [2.24, 2.45) is 7.05 Å². The van der Waals surface area contributed by atoms with Gasteiger partial charge in [0.05, 0.1) is 6.20 Å². The fraction of sp³-hybridized carbons (Fsp3) is 0.367. The van der Waals surface area contributed by atoms with Crippen LogP contribution in [-0.4, -0.2) is 47.5 Å². The molecule has 1 saturated heterocycles. The van der Waals surface area contributed by atoms with Gasteiger partial charge in [0.15, 0.2) is 0 Å². The van der Waals surface area contributed by atoms with E-state index in [4.69, 9.17) is 9.72 Å². The Hall–Kier alpha value is -3.85. The lowest BCUT2D eigenvalue weighted by atomic mass is 9.90. The maximum absolute atomic E-state index is 14.4. The molecule has 0 aliphatic carbocycles. The van der Waals surface area contributed by atoms with Crippen molar-refractivity contribution in [1.29, 1.82) is 0 Å². The molecule has 1 amide bonds. The number of nitrogens with zero attached hydrogens (tertiary/aromatic N) is 4. The van der Waals surface area contributed by atoms with Crippen LogP contribution in [0.15, 0.2) is 48.8 Å². The number of carbonyl (C=O) groups excluding carboxylic acids is 1. The Balaban J connectivity index is 1.51. The van der Waals surface area contributed by atoms with E-state index in [2.05, 4.69) is 28.6 Å². The van der Waals surface area contributed by atoms with Crippen LogP contribution in [0.3, 0.4) is 0 Å². The summed E-state index contributed by atoms with van der Waals surface area (Å²) in [5.74, 6) is 0.727. The van der Waals surface area contributed by atoms with Crippen molar-refractivity contribution in [2.75, 3.05) is 31.7 Å². The van der Waals surface area contributed by atoms with Crippen LogP contribution in [0.5, 0.6) is 0 Å². The van der Waals surface area contributed by atoms with Crippen LogP contribution in [-0.2, 0) is 18.2 Å². The molecule has 0 atom stereocenters.